The van der Waals surface area contributed by atoms with E-state index < -0.39 is 11.4 Å². The molecule has 3 aromatic carbocycles. The monoisotopic (exact) mass is 527 g/mol. The van der Waals surface area contributed by atoms with Crippen molar-refractivity contribution in [1.29, 1.82) is 0 Å². The second-order valence-corrected chi connectivity index (χ2v) is 9.98. The van der Waals surface area contributed by atoms with Gasteiger partial charge in [0.15, 0.2) is 0 Å². The maximum atomic E-state index is 12.7. The number of carboxylic acids is 1. The first-order valence-corrected chi connectivity index (χ1v) is 14.0. The van der Waals surface area contributed by atoms with Crippen molar-refractivity contribution in [3.05, 3.63) is 95.1 Å². The van der Waals surface area contributed by atoms with Gasteiger partial charge in [-0.3, -0.25) is 9.59 Å². The summed E-state index contributed by atoms with van der Waals surface area (Å²) in [6, 6.07) is 24.3. The van der Waals surface area contributed by atoms with Gasteiger partial charge in [0.2, 0.25) is 5.91 Å². The number of carbonyl (C=O) groups excluding carboxylic acids is 1. The van der Waals surface area contributed by atoms with E-state index in [2.05, 4.69) is 36.5 Å². The number of ether oxygens (including phenoxy) is 1. The van der Waals surface area contributed by atoms with E-state index in [9.17, 15) is 14.7 Å². The Bertz CT molecular complexity index is 1220. The second kappa shape index (κ2) is 14.9. The number of carboxylic acid groups (broad SMARTS) is 1. The van der Waals surface area contributed by atoms with Gasteiger partial charge in [-0.25, -0.2) is 0 Å². The van der Waals surface area contributed by atoms with E-state index in [4.69, 9.17) is 4.74 Å². The number of hydrogen-bond donors (Lipinski definition) is 2. The first kappa shape index (κ1) is 29.7. The molecule has 0 aliphatic carbocycles. The molecule has 2 N–H and O–H groups in total. The van der Waals surface area contributed by atoms with Crippen molar-refractivity contribution in [2.75, 3.05) is 11.9 Å². The van der Waals surface area contributed by atoms with Crippen molar-refractivity contribution in [1.82, 2.24) is 0 Å². The summed E-state index contributed by atoms with van der Waals surface area (Å²) in [5.74, 6) is -0.375. The van der Waals surface area contributed by atoms with Crippen LogP contribution in [0.5, 0.6) is 5.75 Å². The topological polar surface area (TPSA) is 75.6 Å². The van der Waals surface area contributed by atoms with Gasteiger partial charge < -0.3 is 15.2 Å². The zero-order chi connectivity index (χ0) is 28.1. The normalized spacial score (nSPS) is 11.5. The summed E-state index contributed by atoms with van der Waals surface area (Å²) in [6.45, 7) is 6.48. The van der Waals surface area contributed by atoms with Crippen LogP contribution in [-0.2, 0) is 22.4 Å². The largest absolute Gasteiger partial charge is 0.494 e. The number of hydrogen-bond acceptors (Lipinski definition) is 3. The lowest BCUT2D eigenvalue weighted by molar-refractivity contribution is -0.151. The van der Waals surface area contributed by atoms with Crippen LogP contribution >= 0.6 is 0 Å². The molecule has 39 heavy (non-hydrogen) atoms. The standard InChI is InChI=1S/C34H41NO4/c1-4-26-14-16-27(17-15-26)11-9-10-24-39-30-22-19-28(20-23-30)18-21-29-12-7-8-13-31(29)35-32(36)25-34(5-2,6-3)33(37)38/h7-8,12-23H,4-6,9-11,24-25H2,1-3H3,(H,35,36)(H,37,38)/b21-18+. The number of benzene rings is 3. The van der Waals surface area contributed by atoms with Crippen LogP contribution in [0.15, 0.2) is 72.8 Å². The van der Waals surface area contributed by atoms with E-state index in [0.29, 0.717) is 25.1 Å². The first-order chi connectivity index (χ1) is 18.9. The lowest BCUT2D eigenvalue weighted by Gasteiger charge is -2.26. The molecule has 0 saturated heterocycles. The lowest BCUT2D eigenvalue weighted by atomic mass is 9.79. The van der Waals surface area contributed by atoms with Gasteiger partial charge in [0.1, 0.15) is 5.75 Å². The predicted octanol–water partition coefficient (Wildman–Crippen LogP) is 8.04. The summed E-state index contributed by atoms with van der Waals surface area (Å²) in [6.07, 6.45) is 8.92. The highest BCUT2D eigenvalue weighted by atomic mass is 16.5. The molecule has 0 atom stereocenters. The number of aryl methyl sites for hydroxylation is 2. The lowest BCUT2D eigenvalue weighted by Crippen LogP contribution is -2.34. The molecule has 0 saturated carbocycles. The zero-order valence-electron chi connectivity index (χ0n) is 23.4. The van der Waals surface area contributed by atoms with Crippen molar-refractivity contribution in [3.8, 4) is 5.75 Å². The molecule has 1 amide bonds. The average molecular weight is 528 g/mol. The highest BCUT2D eigenvalue weighted by molar-refractivity contribution is 5.96. The number of amides is 1. The van der Waals surface area contributed by atoms with Gasteiger partial charge in [-0.2, -0.15) is 0 Å². The molecule has 206 valence electrons. The van der Waals surface area contributed by atoms with E-state index >= 15 is 0 Å². The van der Waals surface area contributed by atoms with Gasteiger partial charge in [-0.1, -0.05) is 87.5 Å². The Hall–Kier alpha value is -3.86. The number of aliphatic carboxylic acids is 1. The molecular formula is C34H41NO4. The van der Waals surface area contributed by atoms with Gasteiger partial charge >= 0.3 is 5.97 Å². The molecule has 0 unspecified atom stereocenters. The predicted molar refractivity (Wildman–Crippen MR) is 160 cm³/mol. The quantitative estimate of drug-likeness (QED) is 0.155. The Morgan fingerprint density at radius 1 is 0.846 bits per heavy atom. The maximum Gasteiger partial charge on any atom is 0.310 e. The van der Waals surface area contributed by atoms with Gasteiger partial charge in [0.05, 0.1) is 12.0 Å². The van der Waals surface area contributed by atoms with Gasteiger partial charge in [0, 0.05) is 12.1 Å². The third-order valence-electron chi connectivity index (χ3n) is 7.44. The highest BCUT2D eigenvalue weighted by Gasteiger charge is 2.37. The van der Waals surface area contributed by atoms with E-state index in [1.54, 1.807) is 0 Å². The van der Waals surface area contributed by atoms with Gasteiger partial charge in [-0.15, -0.1) is 0 Å². The Morgan fingerprint density at radius 2 is 1.51 bits per heavy atom. The number of anilines is 1. The molecule has 5 nitrogen and oxygen atoms in total. The molecule has 0 bridgehead atoms. The molecule has 0 spiro atoms. The van der Waals surface area contributed by atoms with Crippen LogP contribution in [-0.4, -0.2) is 23.6 Å². The molecule has 3 rings (SSSR count). The summed E-state index contributed by atoms with van der Waals surface area (Å²) in [5, 5.41) is 12.6. The molecule has 3 aromatic rings. The van der Waals surface area contributed by atoms with Gasteiger partial charge in [0.25, 0.3) is 0 Å². The number of nitrogens with one attached hydrogen (secondary N) is 1. The van der Waals surface area contributed by atoms with Crippen LogP contribution in [0.4, 0.5) is 5.69 Å². The van der Waals surface area contributed by atoms with E-state index in [0.717, 1.165) is 42.6 Å². The minimum Gasteiger partial charge on any atom is -0.494 e. The molecule has 0 aliphatic heterocycles. The highest BCUT2D eigenvalue weighted by Crippen LogP contribution is 2.32. The third-order valence-corrected chi connectivity index (χ3v) is 7.44. The third kappa shape index (κ3) is 8.85. The molecule has 5 heteroatoms. The SMILES string of the molecule is CCc1ccc(CCCCOc2ccc(/C=C/c3ccccc3NC(=O)CC(CC)(CC)C(=O)O)cc2)cc1. The molecule has 0 heterocycles. The zero-order valence-corrected chi connectivity index (χ0v) is 23.4. The van der Waals surface area contributed by atoms with Crippen molar-refractivity contribution < 1.29 is 19.4 Å². The van der Waals surface area contributed by atoms with Crippen LogP contribution in [0, 0.1) is 5.41 Å². The molecule has 0 radical (unpaired) electrons. The Labute approximate surface area is 232 Å². The van der Waals surface area contributed by atoms with Crippen LogP contribution in [0.2, 0.25) is 0 Å². The summed E-state index contributed by atoms with van der Waals surface area (Å²) in [7, 11) is 0. The number of unbranched alkanes of at least 4 members (excludes halogenated alkanes) is 1. The van der Waals surface area contributed by atoms with E-state index in [1.165, 1.54) is 11.1 Å². The fraction of sp³-hybridized carbons (Fsp3) is 0.353. The summed E-state index contributed by atoms with van der Waals surface area (Å²) < 4.78 is 5.92. The molecule has 0 aromatic heterocycles. The van der Waals surface area contributed by atoms with E-state index in [1.807, 2.05) is 74.5 Å². The summed E-state index contributed by atoms with van der Waals surface area (Å²) in [4.78, 5) is 24.5. The van der Waals surface area contributed by atoms with Crippen LogP contribution in [0.1, 0.15) is 75.1 Å². The van der Waals surface area contributed by atoms with Crippen LogP contribution < -0.4 is 10.1 Å². The number of carbonyl (C=O) groups is 2. The second-order valence-electron chi connectivity index (χ2n) is 9.98. The van der Waals surface area contributed by atoms with Crippen molar-refractivity contribution in [2.24, 2.45) is 5.41 Å². The van der Waals surface area contributed by atoms with Crippen molar-refractivity contribution in [2.45, 2.75) is 65.7 Å². The fourth-order valence-corrected chi connectivity index (χ4v) is 4.56. The Kier molecular flexibility index (Phi) is 11.4. The van der Waals surface area contributed by atoms with E-state index in [-0.39, 0.29) is 12.3 Å². The van der Waals surface area contributed by atoms with Crippen LogP contribution in [0.25, 0.3) is 12.2 Å². The maximum absolute atomic E-state index is 12.7. The molecule has 0 fully saturated rings. The van der Waals surface area contributed by atoms with Crippen molar-refractivity contribution in [3.63, 3.8) is 0 Å². The molecular weight excluding hydrogens is 486 g/mol. The number of rotatable bonds is 15. The minimum atomic E-state index is -1.04. The summed E-state index contributed by atoms with van der Waals surface area (Å²) in [5.41, 5.74) is 4.23. The average Bonchev–Trinajstić information content (AvgIpc) is 2.96. The minimum absolute atomic E-state index is 0.0547. The summed E-state index contributed by atoms with van der Waals surface area (Å²) >= 11 is 0. The van der Waals surface area contributed by atoms with Crippen LogP contribution in [0.3, 0.4) is 0 Å². The fourth-order valence-electron chi connectivity index (χ4n) is 4.56. The smallest absolute Gasteiger partial charge is 0.310 e. The Balaban J connectivity index is 1.50. The first-order valence-electron chi connectivity index (χ1n) is 14.0. The Morgan fingerprint density at radius 3 is 2.15 bits per heavy atom. The van der Waals surface area contributed by atoms with Gasteiger partial charge in [-0.05, 0) is 79.0 Å². The number of para-hydroxylation sites is 1. The van der Waals surface area contributed by atoms with Crippen molar-refractivity contribution >= 4 is 29.7 Å². The molecule has 0 aliphatic rings.